The maximum atomic E-state index is 13.8. The standard InChI is InChI=1S/C24H23N3O6/c1-14-11-18-20(23(28)26(14)13-15-7-4-3-5-8-15)19(21(22(25)33-18)24(29)32-2)16-9-6-10-17(12-16)27(30)31/h3-12,19,27,30H,13,25H2,1-2H3/t19-/m1/s1. The van der Waals surface area contributed by atoms with E-state index in [1.54, 1.807) is 29.7 Å². The number of methoxy groups -OCH3 is 1. The lowest BCUT2D eigenvalue weighted by Gasteiger charge is -2.29. The van der Waals surface area contributed by atoms with Gasteiger partial charge in [0.25, 0.3) is 5.56 Å². The Kier molecular flexibility index (Phi) is 6.01. The van der Waals surface area contributed by atoms with Crippen LogP contribution in [0.1, 0.15) is 28.3 Å². The van der Waals surface area contributed by atoms with Crippen LogP contribution in [-0.2, 0) is 16.1 Å². The highest BCUT2D eigenvalue weighted by Gasteiger charge is 2.38. The Morgan fingerprint density at radius 3 is 2.61 bits per heavy atom. The number of ether oxygens (including phenoxy) is 2. The number of aryl methyl sites for hydroxylation is 1. The van der Waals surface area contributed by atoms with Crippen LogP contribution in [0.3, 0.4) is 0 Å². The van der Waals surface area contributed by atoms with Crippen LogP contribution in [0.15, 0.2) is 76.9 Å². The number of nitrogens with two attached hydrogens (primary N) is 1. The number of hydrogen-bond donors (Lipinski definition) is 3. The van der Waals surface area contributed by atoms with Gasteiger partial charge in [-0.2, -0.15) is 5.23 Å². The van der Waals surface area contributed by atoms with Crippen LogP contribution in [0.4, 0.5) is 5.69 Å². The van der Waals surface area contributed by atoms with Crippen molar-refractivity contribution in [3.63, 3.8) is 0 Å². The Hall–Kier alpha value is -3.92. The third-order valence-corrected chi connectivity index (χ3v) is 5.63. The van der Waals surface area contributed by atoms with E-state index in [1.165, 1.54) is 19.2 Å². The Morgan fingerprint density at radius 1 is 1.21 bits per heavy atom. The fraction of sp³-hybridized carbons (Fsp3) is 0.167. The first-order valence-corrected chi connectivity index (χ1v) is 10.2. The van der Waals surface area contributed by atoms with Crippen LogP contribution < -0.4 is 21.3 Å². The number of nitrogens with one attached hydrogen (secondary N) is 1. The number of quaternary nitrogens is 1. The van der Waals surface area contributed by atoms with Crippen molar-refractivity contribution in [3.8, 4) is 5.75 Å². The first kappa shape index (κ1) is 22.3. The maximum Gasteiger partial charge on any atom is 0.340 e. The van der Waals surface area contributed by atoms with Gasteiger partial charge in [-0.25, -0.2) is 10.0 Å². The van der Waals surface area contributed by atoms with Gasteiger partial charge in [-0.05, 0) is 18.1 Å². The van der Waals surface area contributed by atoms with Gasteiger partial charge in [0.2, 0.25) is 5.88 Å². The molecule has 0 fully saturated rings. The van der Waals surface area contributed by atoms with Crippen molar-refractivity contribution in [2.75, 3.05) is 7.11 Å². The average molecular weight is 449 g/mol. The Bertz CT molecular complexity index is 1300. The minimum absolute atomic E-state index is 0.0139. The van der Waals surface area contributed by atoms with Crippen molar-refractivity contribution in [1.82, 2.24) is 4.57 Å². The van der Waals surface area contributed by atoms with E-state index in [2.05, 4.69) is 0 Å². The molecule has 2 aromatic carbocycles. The quantitative estimate of drug-likeness (QED) is 0.397. The molecule has 0 aliphatic carbocycles. The molecule has 1 unspecified atom stereocenters. The molecule has 1 aliphatic rings. The molecule has 4 rings (SSSR count). The van der Waals surface area contributed by atoms with Crippen molar-refractivity contribution in [1.29, 1.82) is 0 Å². The molecule has 0 saturated heterocycles. The number of fused-ring (bicyclic) bond motifs is 1. The predicted molar refractivity (Wildman–Crippen MR) is 119 cm³/mol. The number of hydrogen-bond acceptors (Lipinski definition) is 7. The topological polar surface area (TPSA) is 131 Å². The summed E-state index contributed by atoms with van der Waals surface area (Å²) in [6, 6.07) is 17.2. The zero-order valence-electron chi connectivity index (χ0n) is 18.1. The number of nitrogens with zero attached hydrogens (tertiary/aromatic N) is 1. The largest absolute Gasteiger partial charge is 0.595 e. The van der Waals surface area contributed by atoms with Gasteiger partial charge < -0.3 is 25.0 Å². The second-order valence-corrected chi connectivity index (χ2v) is 7.68. The molecule has 9 heteroatoms. The summed E-state index contributed by atoms with van der Waals surface area (Å²) in [6.07, 6.45) is 0. The molecule has 9 nitrogen and oxygen atoms in total. The van der Waals surface area contributed by atoms with E-state index < -0.39 is 17.1 Å². The molecule has 33 heavy (non-hydrogen) atoms. The van der Waals surface area contributed by atoms with Crippen LogP contribution in [-0.4, -0.2) is 22.9 Å². The Balaban J connectivity index is 1.96. The van der Waals surface area contributed by atoms with E-state index in [0.717, 1.165) is 5.56 Å². The second-order valence-electron chi connectivity index (χ2n) is 7.68. The van der Waals surface area contributed by atoms with E-state index in [9.17, 15) is 20.0 Å². The molecule has 4 N–H and O–H groups in total. The summed E-state index contributed by atoms with van der Waals surface area (Å²) in [6.45, 7) is 2.09. The molecule has 0 radical (unpaired) electrons. The highest BCUT2D eigenvalue weighted by molar-refractivity contribution is 5.92. The van der Waals surface area contributed by atoms with Gasteiger partial charge in [0.15, 0.2) is 5.69 Å². The van der Waals surface area contributed by atoms with Crippen LogP contribution in [0, 0.1) is 12.1 Å². The number of esters is 1. The van der Waals surface area contributed by atoms with Gasteiger partial charge >= 0.3 is 5.97 Å². The van der Waals surface area contributed by atoms with Crippen molar-refractivity contribution in [2.45, 2.75) is 19.4 Å². The summed E-state index contributed by atoms with van der Waals surface area (Å²) >= 11 is 0. The first-order valence-electron chi connectivity index (χ1n) is 10.2. The third kappa shape index (κ3) is 4.12. The monoisotopic (exact) mass is 449 g/mol. The van der Waals surface area contributed by atoms with Gasteiger partial charge in [0.05, 0.1) is 25.1 Å². The maximum absolute atomic E-state index is 13.8. The van der Waals surface area contributed by atoms with E-state index in [1.807, 2.05) is 30.3 Å². The summed E-state index contributed by atoms with van der Waals surface area (Å²) in [4.78, 5) is 26.4. The number of carbonyl (C=O) groups excluding carboxylic acids is 1. The minimum atomic E-state index is -1.13. The summed E-state index contributed by atoms with van der Waals surface area (Å²) in [5, 5.41) is 19.9. The van der Waals surface area contributed by atoms with Crippen LogP contribution >= 0.6 is 0 Å². The van der Waals surface area contributed by atoms with Gasteiger partial charge in [-0.15, -0.1) is 0 Å². The lowest BCUT2D eigenvalue weighted by molar-refractivity contribution is -0.991. The lowest BCUT2D eigenvalue weighted by Crippen LogP contribution is -2.99. The number of rotatable bonds is 5. The summed E-state index contributed by atoms with van der Waals surface area (Å²) in [5.41, 5.74) is 7.85. The van der Waals surface area contributed by atoms with Crippen molar-refractivity contribution in [3.05, 3.63) is 110 Å². The van der Waals surface area contributed by atoms with Crippen LogP contribution in [0.25, 0.3) is 0 Å². The zero-order chi connectivity index (χ0) is 23.7. The van der Waals surface area contributed by atoms with E-state index >= 15 is 0 Å². The Labute approximate surface area is 189 Å². The molecular formula is C24H23N3O6. The highest BCUT2D eigenvalue weighted by Crippen LogP contribution is 2.41. The predicted octanol–water partition coefficient (Wildman–Crippen LogP) is 1.48. The van der Waals surface area contributed by atoms with E-state index in [-0.39, 0.29) is 34.0 Å². The molecule has 2 atom stereocenters. The average Bonchev–Trinajstić information content (AvgIpc) is 2.81. The fourth-order valence-electron chi connectivity index (χ4n) is 4.04. The molecule has 170 valence electrons. The third-order valence-electron chi connectivity index (χ3n) is 5.63. The number of pyridine rings is 1. The molecule has 0 bridgehead atoms. The lowest BCUT2D eigenvalue weighted by atomic mass is 9.83. The van der Waals surface area contributed by atoms with Gasteiger partial charge in [-0.1, -0.05) is 42.5 Å². The molecule has 0 spiro atoms. The van der Waals surface area contributed by atoms with Crippen LogP contribution in [0.2, 0.25) is 0 Å². The number of benzene rings is 2. The van der Waals surface area contributed by atoms with Crippen molar-refractivity contribution < 1.29 is 24.7 Å². The smallest absolute Gasteiger partial charge is 0.340 e. The number of carbonyl (C=O) groups is 1. The first-order chi connectivity index (χ1) is 15.8. The zero-order valence-corrected chi connectivity index (χ0v) is 18.1. The SMILES string of the molecule is COC(=O)C1=C(N)Oc2cc(C)n(Cc3ccccc3)c(=O)c2[C@H]1c1cccc([NH+]([O-])O)c1. The van der Waals surface area contributed by atoms with E-state index in [4.69, 9.17) is 15.2 Å². The molecule has 1 aliphatic heterocycles. The molecular weight excluding hydrogens is 426 g/mol. The number of aromatic nitrogens is 1. The molecule has 0 amide bonds. The molecule has 3 aromatic rings. The molecule has 0 saturated carbocycles. The normalized spacial score (nSPS) is 16.1. The Morgan fingerprint density at radius 2 is 1.94 bits per heavy atom. The van der Waals surface area contributed by atoms with Gasteiger partial charge in [-0.3, -0.25) is 4.79 Å². The van der Waals surface area contributed by atoms with Gasteiger partial charge in [0.1, 0.15) is 11.3 Å². The van der Waals surface area contributed by atoms with Crippen LogP contribution in [0.5, 0.6) is 5.75 Å². The minimum Gasteiger partial charge on any atom is -0.595 e. The van der Waals surface area contributed by atoms with E-state index in [0.29, 0.717) is 17.8 Å². The second kappa shape index (κ2) is 8.91. The highest BCUT2D eigenvalue weighted by atomic mass is 16.8. The van der Waals surface area contributed by atoms with Crippen molar-refractivity contribution in [2.24, 2.45) is 5.73 Å². The van der Waals surface area contributed by atoms with Gasteiger partial charge in [0, 0.05) is 23.9 Å². The fourth-order valence-corrected chi connectivity index (χ4v) is 4.04. The summed E-state index contributed by atoms with van der Waals surface area (Å²) < 4.78 is 12.2. The molecule has 2 heterocycles. The summed E-state index contributed by atoms with van der Waals surface area (Å²) in [5.74, 6) is -1.70. The van der Waals surface area contributed by atoms with Crippen molar-refractivity contribution >= 4 is 11.7 Å². The summed E-state index contributed by atoms with van der Waals surface area (Å²) in [7, 11) is 1.20. The molecule has 1 aromatic heterocycles.